The largest absolute Gasteiger partial charge is 0.312 e. The summed E-state index contributed by atoms with van der Waals surface area (Å²) in [5.74, 6) is 0. The third kappa shape index (κ3) is 5.22. The van der Waals surface area contributed by atoms with Crippen molar-refractivity contribution < 1.29 is 0 Å². The van der Waals surface area contributed by atoms with Gasteiger partial charge in [0.1, 0.15) is 0 Å². The van der Waals surface area contributed by atoms with Crippen molar-refractivity contribution in [2.24, 2.45) is 0 Å². The third-order valence-corrected chi connectivity index (χ3v) is 4.56. The molecule has 20 heavy (non-hydrogen) atoms. The average molecular weight is 275 g/mol. The van der Waals surface area contributed by atoms with Gasteiger partial charge in [-0.15, -0.1) is 0 Å². The highest BCUT2D eigenvalue weighted by Gasteiger charge is 2.15. The molecule has 2 rings (SSSR count). The number of nitrogens with one attached hydrogen (secondary N) is 1. The van der Waals surface area contributed by atoms with E-state index >= 15 is 0 Å². The predicted molar refractivity (Wildman–Crippen MR) is 84.9 cm³/mol. The normalized spacial score (nSPS) is 18.4. The van der Waals surface area contributed by atoms with E-state index in [1.165, 1.54) is 37.7 Å². The number of pyridine rings is 1. The molecule has 0 spiro atoms. The zero-order valence-corrected chi connectivity index (χ0v) is 13.0. The van der Waals surface area contributed by atoms with Crippen LogP contribution in [0.15, 0.2) is 24.5 Å². The summed E-state index contributed by atoms with van der Waals surface area (Å²) in [4.78, 5) is 6.52. The molecule has 1 aromatic heterocycles. The maximum absolute atomic E-state index is 4.07. The summed E-state index contributed by atoms with van der Waals surface area (Å²) in [6, 6.07) is 5.58. The van der Waals surface area contributed by atoms with Crippen LogP contribution in [0, 0.1) is 0 Å². The summed E-state index contributed by atoms with van der Waals surface area (Å²) in [5, 5.41) is 3.75. The first-order chi connectivity index (χ1) is 9.75. The molecule has 0 radical (unpaired) electrons. The Kier molecular flexibility index (Phi) is 6.48. The van der Waals surface area contributed by atoms with Crippen LogP contribution in [0.1, 0.15) is 44.6 Å². The molecule has 3 nitrogen and oxygen atoms in total. The summed E-state index contributed by atoms with van der Waals surface area (Å²) in [6.45, 7) is 4.54. The van der Waals surface area contributed by atoms with E-state index in [1.54, 1.807) is 0 Å². The van der Waals surface area contributed by atoms with Crippen molar-refractivity contribution >= 4 is 0 Å². The number of aromatic nitrogens is 1. The van der Waals surface area contributed by atoms with E-state index in [-0.39, 0.29) is 0 Å². The molecule has 1 N–H and O–H groups in total. The molecule has 1 unspecified atom stereocenters. The molecule has 1 atom stereocenters. The number of hydrogen-bond acceptors (Lipinski definition) is 3. The van der Waals surface area contributed by atoms with Crippen LogP contribution in [-0.2, 0) is 6.42 Å². The number of likely N-dealkylation sites (N-methyl/N-ethyl adjacent to an activating group) is 1. The minimum absolute atomic E-state index is 0.596. The lowest BCUT2D eigenvalue weighted by atomic mass is 9.95. The zero-order chi connectivity index (χ0) is 14.2. The van der Waals surface area contributed by atoms with E-state index in [2.05, 4.69) is 41.3 Å². The topological polar surface area (TPSA) is 28.2 Å². The summed E-state index contributed by atoms with van der Waals surface area (Å²) in [6.07, 6.45) is 11.8. The van der Waals surface area contributed by atoms with Crippen LogP contribution < -0.4 is 5.32 Å². The maximum atomic E-state index is 4.07. The molecule has 1 fully saturated rings. The molecular weight excluding hydrogens is 246 g/mol. The maximum Gasteiger partial charge on any atom is 0.0270 e. The van der Waals surface area contributed by atoms with Crippen molar-refractivity contribution in [2.45, 2.75) is 57.5 Å². The van der Waals surface area contributed by atoms with Crippen LogP contribution in [0.25, 0.3) is 0 Å². The van der Waals surface area contributed by atoms with Crippen molar-refractivity contribution in [3.8, 4) is 0 Å². The highest BCUT2D eigenvalue weighted by atomic mass is 15.1. The van der Waals surface area contributed by atoms with Crippen LogP contribution in [0.4, 0.5) is 0 Å². The highest BCUT2D eigenvalue weighted by Crippen LogP contribution is 2.17. The third-order valence-electron chi connectivity index (χ3n) is 4.56. The Hall–Kier alpha value is -0.930. The van der Waals surface area contributed by atoms with Crippen molar-refractivity contribution in [2.75, 3.05) is 20.1 Å². The number of rotatable bonds is 7. The zero-order valence-electron chi connectivity index (χ0n) is 13.0. The molecule has 0 saturated heterocycles. The van der Waals surface area contributed by atoms with Crippen LogP contribution in [0.2, 0.25) is 0 Å². The minimum Gasteiger partial charge on any atom is -0.312 e. The van der Waals surface area contributed by atoms with E-state index in [1.807, 2.05) is 12.4 Å². The molecule has 1 aromatic rings. The first-order valence-corrected chi connectivity index (χ1v) is 8.08. The molecule has 0 bridgehead atoms. The van der Waals surface area contributed by atoms with Crippen LogP contribution >= 0.6 is 0 Å². The van der Waals surface area contributed by atoms with Gasteiger partial charge in [0.2, 0.25) is 0 Å². The fraction of sp³-hybridized carbons (Fsp3) is 0.706. The molecule has 1 aliphatic rings. The Balaban J connectivity index is 1.65. The molecule has 112 valence electrons. The van der Waals surface area contributed by atoms with Crippen molar-refractivity contribution in [3.05, 3.63) is 30.1 Å². The van der Waals surface area contributed by atoms with E-state index in [0.29, 0.717) is 6.04 Å². The quantitative estimate of drug-likeness (QED) is 0.829. The van der Waals surface area contributed by atoms with E-state index in [9.17, 15) is 0 Å². The van der Waals surface area contributed by atoms with Crippen molar-refractivity contribution in [1.82, 2.24) is 15.2 Å². The number of hydrogen-bond donors (Lipinski definition) is 1. The van der Waals surface area contributed by atoms with Gasteiger partial charge in [-0.2, -0.15) is 0 Å². The first-order valence-electron chi connectivity index (χ1n) is 8.08. The summed E-state index contributed by atoms with van der Waals surface area (Å²) < 4.78 is 0. The van der Waals surface area contributed by atoms with E-state index in [4.69, 9.17) is 0 Å². The van der Waals surface area contributed by atoms with Gasteiger partial charge in [-0.3, -0.25) is 4.98 Å². The molecule has 1 heterocycles. The molecule has 3 heteroatoms. The first kappa shape index (κ1) is 15.5. The fourth-order valence-corrected chi connectivity index (χ4v) is 2.88. The Morgan fingerprint density at radius 2 is 1.95 bits per heavy atom. The van der Waals surface area contributed by atoms with E-state index < -0.39 is 0 Å². The van der Waals surface area contributed by atoms with E-state index in [0.717, 1.165) is 25.6 Å². The lowest BCUT2D eigenvalue weighted by Gasteiger charge is -2.29. The SMILES string of the molecule is CC(CNC1CCCCC1)N(C)CCc1ccncc1. The lowest BCUT2D eigenvalue weighted by Crippen LogP contribution is -2.43. The average Bonchev–Trinajstić information content (AvgIpc) is 2.52. The fourth-order valence-electron chi connectivity index (χ4n) is 2.88. The summed E-state index contributed by atoms with van der Waals surface area (Å²) in [5.41, 5.74) is 1.37. The van der Waals surface area contributed by atoms with Crippen molar-refractivity contribution in [3.63, 3.8) is 0 Å². The molecule has 1 aliphatic carbocycles. The minimum atomic E-state index is 0.596. The Morgan fingerprint density at radius 1 is 1.25 bits per heavy atom. The monoisotopic (exact) mass is 275 g/mol. The Labute approximate surface area is 123 Å². The van der Waals surface area contributed by atoms with Crippen LogP contribution in [0.5, 0.6) is 0 Å². The van der Waals surface area contributed by atoms with Gasteiger partial charge in [0.25, 0.3) is 0 Å². The van der Waals surface area contributed by atoms with Gasteiger partial charge >= 0.3 is 0 Å². The van der Waals surface area contributed by atoms with Gasteiger partial charge in [0.05, 0.1) is 0 Å². The molecule has 0 amide bonds. The van der Waals surface area contributed by atoms with Gasteiger partial charge in [0, 0.05) is 37.6 Å². The Bertz CT molecular complexity index is 360. The second-order valence-corrected chi connectivity index (χ2v) is 6.18. The second-order valence-electron chi connectivity index (χ2n) is 6.18. The smallest absolute Gasteiger partial charge is 0.0270 e. The van der Waals surface area contributed by atoms with Gasteiger partial charge in [-0.25, -0.2) is 0 Å². The Morgan fingerprint density at radius 3 is 2.65 bits per heavy atom. The second kappa shape index (κ2) is 8.38. The van der Waals surface area contributed by atoms with Gasteiger partial charge < -0.3 is 10.2 Å². The molecule has 1 saturated carbocycles. The number of nitrogens with zero attached hydrogens (tertiary/aromatic N) is 2. The van der Waals surface area contributed by atoms with Crippen LogP contribution in [0.3, 0.4) is 0 Å². The summed E-state index contributed by atoms with van der Waals surface area (Å²) in [7, 11) is 2.23. The van der Waals surface area contributed by atoms with Gasteiger partial charge in [-0.05, 0) is 50.9 Å². The van der Waals surface area contributed by atoms with Gasteiger partial charge in [0.15, 0.2) is 0 Å². The molecular formula is C17H29N3. The van der Waals surface area contributed by atoms with Crippen LogP contribution in [-0.4, -0.2) is 42.1 Å². The summed E-state index contributed by atoms with van der Waals surface area (Å²) >= 11 is 0. The molecule has 0 aromatic carbocycles. The molecule has 0 aliphatic heterocycles. The lowest BCUT2D eigenvalue weighted by molar-refractivity contribution is 0.239. The standard InChI is InChI=1S/C17H29N3/c1-15(14-19-17-6-4-3-5-7-17)20(2)13-10-16-8-11-18-12-9-16/h8-9,11-12,15,17,19H,3-7,10,13-14H2,1-2H3. The predicted octanol–water partition coefficient (Wildman–Crippen LogP) is 2.87. The van der Waals surface area contributed by atoms with Crippen molar-refractivity contribution in [1.29, 1.82) is 0 Å². The van der Waals surface area contributed by atoms with Gasteiger partial charge in [-0.1, -0.05) is 19.3 Å². The highest BCUT2D eigenvalue weighted by molar-refractivity contribution is 5.09.